The van der Waals surface area contributed by atoms with Gasteiger partial charge in [0.15, 0.2) is 0 Å². The van der Waals surface area contributed by atoms with E-state index in [1.807, 2.05) is 24.8 Å². The molecule has 0 amide bonds. The van der Waals surface area contributed by atoms with E-state index in [9.17, 15) is 9.90 Å². The number of aryl methyl sites for hydroxylation is 1. The van der Waals surface area contributed by atoms with Gasteiger partial charge in [0, 0.05) is 11.8 Å². The third-order valence-electron chi connectivity index (χ3n) is 3.85. The molecule has 106 valence electrons. The van der Waals surface area contributed by atoms with Crippen LogP contribution in [0.1, 0.15) is 35.4 Å². The zero-order valence-corrected chi connectivity index (χ0v) is 12.3. The lowest BCUT2D eigenvalue weighted by Gasteiger charge is -2.22. The molecular formula is C15H18N2O2S. The first-order chi connectivity index (χ1) is 9.66. The highest BCUT2D eigenvalue weighted by Gasteiger charge is 2.20. The Morgan fingerprint density at radius 2 is 2.35 bits per heavy atom. The van der Waals surface area contributed by atoms with Gasteiger partial charge in [-0.15, -0.1) is 0 Å². The van der Waals surface area contributed by atoms with Crippen molar-refractivity contribution in [2.24, 2.45) is 0 Å². The summed E-state index contributed by atoms with van der Waals surface area (Å²) in [6.45, 7) is 2.82. The maximum Gasteiger partial charge on any atom is 0.337 e. The van der Waals surface area contributed by atoms with Gasteiger partial charge in [0.25, 0.3) is 0 Å². The number of benzene rings is 1. The summed E-state index contributed by atoms with van der Waals surface area (Å²) in [7, 11) is 0. The molecule has 3 rings (SSSR count). The summed E-state index contributed by atoms with van der Waals surface area (Å²) in [4.78, 5) is 15.9. The van der Waals surface area contributed by atoms with E-state index in [0.717, 1.165) is 23.4 Å². The van der Waals surface area contributed by atoms with E-state index in [1.165, 1.54) is 25.0 Å². The van der Waals surface area contributed by atoms with Crippen molar-refractivity contribution in [3.63, 3.8) is 0 Å². The molecule has 1 fully saturated rings. The van der Waals surface area contributed by atoms with Crippen molar-refractivity contribution < 1.29 is 9.90 Å². The Bertz CT molecular complexity index is 645. The summed E-state index contributed by atoms with van der Waals surface area (Å²) < 4.78 is 2.09. The van der Waals surface area contributed by atoms with Crippen LogP contribution in [0.15, 0.2) is 18.2 Å². The minimum absolute atomic E-state index is 0.351. The van der Waals surface area contributed by atoms with Crippen molar-refractivity contribution >= 4 is 28.8 Å². The minimum atomic E-state index is -0.881. The molecule has 1 saturated heterocycles. The maximum atomic E-state index is 11.4. The number of carbonyl (C=O) groups is 1. The number of imidazole rings is 1. The number of carboxylic acid groups (broad SMARTS) is 1. The molecular weight excluding hydrogens is 272 g/mol. The second-order valence-corrected chi connectivity index (χ2v) is 6.64. The van der Waals surface area contributed by atoms with Crippen LogP contribution in [-0.2, 0) is 6.54 Å². The molecule has 0 saturated carbocycles. The number of rotatable bonds is 3. The van der Waals surface area contributed by atoms with Gasteiger partial charge >= 0.3 is 5.97 Å². The molecule has 0 radical (unpaired) electrons. The Kier molecular flexibility index (Phi) is 3.70. The molecule has 1 unspecified atom stereocenters. The Balaban J connectivity index is 2.04. The van der Waals surface area contributed by atoms with Gasteiger partial charge in [-0.2, -0.15) is 11.8 Å². The molecule has 1 N–H and O–H groups in total. The van der Waals surface area contributed by atoms with Crippen molar-refractivity contribution in [1.29, 1.82) is 0 Å². The molecule has 4 nitrogen and oxygen atoms in total. The summed E-state index contributed by atoms with van der Waals surface area (Å²) in [5, 5.41) is 9.95. The fraction of sp³-hybridized carbons (Fsp3) is 0.467. The second-order valence-electron chi connectivity index (χ2n) is 5.24. The molecule has 20 heavy (non-hydrogen) atoms. The van der Waals surface area contributed by atoms with E-state index < -0.39 is 5.97 Å². The molecule has 0 bridgehead atoms. The van der Waals surface area contributed by atoms with Gasteiger partial charge in [0.05, 0.1) is 16.6 Å². The van der Waals surface area contributed by atoms with Gasteiger partial charge in [-0.25, -0.2) is 9.78 Å². The van der Waals surface area contributed by atoms with E-state index >= 15 is 0 Å². The molecule has 1 aromatic heterocycles. The van der Waals surface area contributed by atoms with Crippen LogP contribution >= 0.6 is 11.8 Å². The number of thioether (sulfide) groups is 1. The highest BCUT2D eigenvalue weighted by Crippen LogP contribution is 2.29. The van der Waals surface area contributed by atoms with Crippen molar-refractivity contribution in [3.05, 3.63) is 29.6 Å². The normalized spacial score (nSPS) is 19.4. The highest BCUT2D eigenvalue weighted by molar-refractivity contribution is 7.99. The van der Waals surface area contributed by atoms with Gasteiger partial charge in [-0.1, -0.05) is 12.5 Å². The molecule has 1 aliphatic rings. The second kappa shape index (κ2) is 5.48. The quantitative estimate of drug-likeness (QED) is 0.942. The fourth-order valence-electron chi connectivity index (χ4n) is 2.85. The van der Waals surface area contributed by atoms with E-state index in [1.54, 1.807) is 12.1 Å². The number of hydrogen-bond donors (Lipinski definition) is 1. The molecule has 5 heteroatoms. The fourth-order valence-corrected chi connectivity index (χ4v) is 4.14. The highest BCUT2D eigenvalue weighted by atomic mass is 32.2. The lowest BCUT2D eigenvalue weighted by molar-refractivity contribution is 0.0698. The lowest BCUT2D eigenvalue weighted by atomic mass is 10.1. The summed E-state index contributed by atoms with van der Waals surface area (Å²) >= 11 is 2.00. The van der Waals surface area contributed by atoms with Crippen LogP contribution in [-0.4, -0.2) is 31.6 Å². The summed E-state index contributed by atoms with van der Waals surface area (Å²) in [5.74, 6) is 1.23. The largest absolute Gasteiger partial charge is 0.478 e. The van der Waals surface area contributed by atoms with Gasteiger partial charge < -0.3 is 9.67 Å². The predicted octanol–water partition coefficient (Wildman–Crippen LogP) is 3.33. The van der Waals surface area contributed by atoms with Crippen LogP contribution < -0.4 is 0 Å². The summed E-state index contributed by atoms with van der Waals surface area (Å²) in [6, 6.07) is 5.31. The Labute approximate surface area is 122 Å². The third kappa shape index (κ3) is 2.42. The monoisotopic (exact) mass is 290 g/mol. The molecule has 0 spiro atoms. The van der Waals surface area contributed by atoms with E-state index in [4.69, 9.17) is 0 Å². The van der Waals surface area contributed by atoms with Crippen LogP contribution in [0.25, 0.3) is 11.0 Å². The van der Waals surface area contributed by atoms with E-state index in [0.29, 0.717) is 10.8 Å². The molecule has 1 aromatic carbocycles. The van der Waals surface area contributed by atoms with Crippen LogP contribution in [0.5, 0.6) is 0 Å². The zero-order chi connectivity index (χ0) is 14.1. The van der Waals surface area contributed by atoms with Crippen LogP contribution in [0.2, 0.25) is 0 Å². The minimum Gasteiger partial charge on any atom is -0.478 e. The summed E-state index contributed by atoms with van der Waals surface area (Å²) in [6.07, 6.45) is 3.78. The van der Waals surface area contributed by atoms with E-state index in [-0.39, 0.29) is 0 Å². The van der Waals surface area contributed by atoms with Crippen LogP contribution in [0.4, 0.5) is 0 Å². The first-order valence-electron chi connectivity index (χ1n) is 6.97. The lowest BCUT2D eigenvalue weighted by Crippen LogP contribution is -2.18. The molecule has 1 aliphatic heterocycles. The smallest absolute Gasteiger partial charge is 0.337 e. The average molecular weight is 290 g/mol. The van der Waals surface area contributed by atoms with Crippen molar-refractivity contribution in [3.8, 4) is 0 Å². The van der Waals surface area contributed by atoms with Crippen molar-refractivity contribution in [2.45, 2.75) is 38.0 Å². The number of aromatic carboxylic acids is 1. The topological polar surface area (TPSA) is 55.1 Å². The van der Waals surface area contributed by atoms with Crippen molar-refractivity contribution in [1.82, 2.24) is 9.55 Å². The number of hydrogen-bond acceptors (Lipinski definition) is 3. The van der Waals surface area contributed by atoms with Gasteiger partial charge in [0.2, 0.25) is 0 Å². The summed E-state index contributed by atoms with van der Waals surface area (Å²) in [5.41, 5.74) is 1.90. The van der Waals surface area contributed by atoms with Gasteiger partial charge in [0.1, 0.15) is 5.82 Å². The SMILES string of the molecule is Cc1nc2cccc(C(=O)O)c2n1CC1CCCCS1. The number of aromatic nitrogens is 2. The standard InChI is InChI=1S/C15H18N2O2S/c1-10-16-13-7-4-6-12(15(18)19)14(13)17(10)9-11-5-2-3-8-20-11/h4,6-7,11H,2-3,5,8-9H2,1H3,(H,18,19). The molecule has 1 atom stereocenters. The number of nitrogens with zero attached hydrogens (tertiary/aromatic N) is 2. The predicted molar refractivity (Wildman–Crippen MR) is 81.5 cm³/mol. The van der Waals surface area contributed by atoms with Gasteiger partial charge in [-0.05, 0) is 37.7 Å². The first kappa shape index (κ1) is 13.5. The Morgan fingerprint density at radius 1 is 1.50 bits per heavy atom. The zero-order valence-electron chi connectivity index (χ0n) is 11.5. The Morgan fingerprint density at radius 3 is 3.05 bits per heavy atom. The number of para-hydroxylation sites is 1. The Hall–Kier alpha value is -1.49. The number of fused-ring (bicyclic) bond motifs is 1. The molecule has 0 aliphatic carbocycles. The van der Waals surface area contributed by atoms with E-state index in [2.05, 4.69) is 9.55 Å². The van der Waals surface area contributed by atoms with Crippen LogP contribution in [0.3, 0.4) is 0 Å². The van der Waals surface area contributed by atoms with Crippen LogP contribution in [0, 0.1) is 6.92 Å². The van der Waals surface area contributed by atoms with Crippen molar-refractivity contribution in [2.75, 3.05) is 5.75 Å². The third-order valence-corrected chi connectivity index (χ3v) is 5.23. The first-order valence-corrected chi connectivity index (χ1v) is 8.02. The molecule has 2 heterocycles. The number of carboxylic acids is 1. The molecule has 2 aromatic rings. The van der Waals surface area contributed by atoms with Gasteiger partial charge in [-0.3, -0.25) is 0 Å². The maximum absolute atomic E-state index is 11.4. The average Bonchev–Trinajstić information content (AvgIpc) is 2.76.